The van der Waals surface area contributed by atoms with Crippen molar-refractivity contribution in [3.63, 3.8) is 0 Å². The number of nitrogens with one attached hydrogen (secondary N) is 1. The van der Waals surface area contributed by atoms with Crippen LogP contribution in [0.25, 0.3) is 0 Å². The van der Waals surface area contributed by atoms with Gasteiger partial charge in [-0.05, 0) is 63.9 Å². The van der Waals surface area contributed by atoms with Crippen LogP contribution in [0.15, 0.2) is 36.4 Å². The average molecular weight is 677 g/mol. The predicted octanol–water partition coefficient (Wildman–Crippen LogP) is 4.86. The third-order valence-electron chi connectivity index (χ3n) is 8.05. The quantitative estimate of drug-likeness (QED) is 0.0602. The lowest BCUT2D eigenvalue weighted by atomic mass is 9.82. The molecular weight excluding hydrogens is 620 g/mol. The molecule has 1 amide bonds. The molecule has 270 valence electrons. The SMILES string of the molecule is CCCCCCCC(=O)CCCCCC/C=C/[C@H](C(=O)N[C@@H](Cc1ccc(OCCCN(C)C)cc1)C(=O)O)[C@@](O)(CC(=O)O)C(=O)O. The molecule has 0 aliphatic heterocycles. The monoisotopic (exact) mass is 676 g/mol. The Labute approximate surface area is 284 Å². The summed E-state index contributed by atoms with van der Waals surface area (Å²) in [4.78, 5) is 63.0. The standard InChI is InChI=1S/C36H56N2O10/c1-4-5-6-9-12-16-28(39)17-13-10-7-8-11-14-18-30(36(47,35(45)46)26-32(40)41)33(42)37-31(34(43)44)25-27-19-21-29(22-20-27)48-24-15-23-38(2)3/h14,18-22,30-31,47H,4-13,15-17,23-26H2,1-3H3,(H,37,42)(H,40,41)(H,43,44)(H,45,46)/b18-14+/t30-,31+,36+/m1/s1. The molecule has 12 heteroatoms. The second-order valence-electron chi connectivity index (χ2n) is 12.6. The zero-order chi connectivity index (χ0) is 36.0. The average Bonchev–Trinajstić information content (AvgIpc) is 3.01. The normalized spacial score (nSPS) is 13.9. The minimum absolute atomic E-state index is 0.149. The van der Waals surface area contributed by atoms with Crippen LogP contribution < -0.4 is 10.1 Å². The van der Waals surface area contributed by atoms with Crippen molar-refractivity contribution in [2.45, 2.75) is 115 Å². The number of benzene rings is 1. The number of ketones is 1. The summed E-state index contributed by atoms with van der Waals surface area (Å²) < 4.78 is 5.69. The van der Waals surface area contributed by atoms with Gasteiger partial charge < -0.3 is 35.4 Å². The van der Waals surface area contributed by atoms with E-state index in [9.17, 15) is 44.4 Å². The number of aliphatic carboxylic acids is 3. The smallest absolute Gasteiger partial charge is 0.337 e. The summed E-state index contributed by atoms with van der Waals surface area (Å²) in [6.07, 6.45) is 12.1. The Hall–Kier alpha value is -3.77. The maximum absolute atomic E-state index is 13.3. The molecule has 0 heterocycles. The Bertz CT molecular complexity index is 1170. The number of aliphatic hydroxyl groups is 1. The van der Waals surface area contributed by atoms with Crippen molar-refractivity contribution < 1.29 is 49.1 Å². The first kappa shape index (κ1) is 42.3. The molecule has 0 saturated heterocycles. The van der Waals surface area contributed by atoms with Crippen LogP contribution >= 0.6 is 0 Å². The van der Waals surface area contributed by atoms with Crippen molar-refractivity contribution in [2.75, 3.05) is 27.2 Å². The molecule has 3 atom stereocenters. The van der Waals surface area contributed by atoms with E-state index in [1.807, 2.05) is 19.0 Å². The van der Waals surface area contributed by atoms with E-state index in [2.05, 4.69) is 12.2 Å². The third-order valence-corrected chi connectivity index (χ3v) is 8.05. The second-order valence-corrected chi connectivity index (χ2v) is 12.6. The molecule has 0 radical (unpaired) electrons. The lowest BCUT2D eigenvalue weighted by molar-refractivity contribution is -0.172. The number of ether oxygens (including phenoxy) is 1. The fraction of sp³-hybridized carbons (Fsp3) is 0.639. The number of Topliss-reactive ketones (excluding diaryl/α,β-unsaturated/α-hetero) is 1. The van der Waals surface area contributed by atoms with Gasteiger partial charge in [-0.2, -0.15) is 0 Å². The van der Waals surface area contributed by atoms with Gasteiger partial charge in [0.25, 0.3) is 0 Å². The molecule has 0 aliphatic carbocycles. The van der Waals surface area contributed by atoms with Gasteiger partial charge in [-0.25, -0.2) is 9.59 Å². The van der Waals surface area contributed by atoms with Gasteiger partial charge in [-0.3, -0.25) is 14.4 Å². The maximum Gasteiger partial charge on any atom is 0.337 e. The van der Waals surface area contributed by atoms with E-state index in [0.29, 0.717) is 43.6 Å². The number of rotatable bonds is 28. The number of amides is 1. The maximum atomic E-state index is 13.3. The molecule has 1 aromatic carbocycles. The predicted molar refractivity (Wildman–Crippen MR) is 182 cm³/mol. The van der Waals surface area contributed by atoms with Crippen LogP contribution in [0.2, 0.25) is 0 Å². The minimum Gasteiger partial charge on any atom is -0.494 e. The van der Waals surface area contributed by atoms with E-state index in [0.717, 1.165) is 64.0 Å². The Morgan fingerprint density at radius 2 is 1.48 bits per heavy atom. The summed E-state index contributed by atoms with van der Waals surface area (Å²) in [5.74, 6) is -7.08. The number of hydrogen-bond acceptors (Lipinski definition) is 8. The highest BCUT2D eigenvalue weighted by atomic mass is 16.5. The highest BCUT2D eigenvalue weighted by molar-refractivity contribution is 5.94. The summed E-state index contributed by atoms with van der Waals surface area (Å²) in [5.41, 5.74) is -2.46. The fourth-order valence-corrected chi connectivity index (χ4v) is 5.22. The Morgan fingerprint density at radius 1 is 0.875 bits per heavy atom. The number of carboxylic acids is 3. The number of hydrogen-bond donors (Lipinski definition) is 5. The van der Waals surface area contributed by atoms with Crippen molar-refractivity contribution in [1.29, 1.82) is 0 Å². The van der Waals surface area contributed by atoms with Crippen LogP contribution in [-0.4, -0.2) is 93.8 Å². The Kier molecular flexibility index (Phi) is 20.7. The van der Waals surface area contributed by atoms with Crippen molar-refractivity contribution in [3.8, 4) is 5.75 Å². The first-order chi connectivity index (χ1) is 22.8. The summed E-state index contributed by atoms with van der Waals surface area (Å²) in [6.45, 7) is 3.51. The molecule has 0 spiro atoms. The summed E-state index contributed by atoms with van der Waals surface area (Å²) >= 11 is 0. The molecule has 5 N–H and O–H groups in total. The zero-order valence-corrected chi connectivity index (χ0v) is 28.8. The van der Waals surface area contributed by atoms with Crippen molar-refractivity contribution >= 4 is 29.6 Å². The molecule has 12 nitrogen and oxygen atoms in total. The highest BCUT2D eigenvalue weighted by Gasteiger charge is 2.49. The molecule has 0 saturated carbocycles. The Balaban J connectivity index is 2.81. The van der Waals surface area contributed by atoms with Crippen LogP contribution in [0.1, 0.15) is 102 Å². The molecular formula is C36H56N2O10. The van der Waals surface area contributed by atoms with E-state index in [-0.39, 0.29) is 12.2 Å². The van der Waals surface area contributed by atoms with E-state index in [1.54, 1.807) is 24.3 Å². The van der Waals surface area contributed by atoms with Crippen LogP contribution in [0.5, 0.6) is 5.75 Å². The Morgan fingerprint density at radius 3 is 2.02 bits per heavy atom. The summed E-state index contributed by atoms with van der Waals surface area (Å²) in [7, 11) is 3.93. The van der Waals surface area contributed by atoms with Gasteiger partial charge in [0.2, 0.25) is 5.91 Å². The van der Waals surface area contributed by atoms with Gasteiger partial charge in [0.1, 0.15) is 17.6 Å². The molecule has 0 fully saturated rings. The first-order valence-electron chi connectivity index (χ1n) is 17.1. The van der Waals surface area contributed by atoms with Gasteiger partial charge in [-0.15, -0.1) is 0 Å². The third kappa shape index (κ3) is 17.4. The van der Waals surface area contributed by atoms with Gasteiger partial charge in [-0.1, -0.05) is 69.7 Å². The topological polar surface area (TPSA) is 191 Å². The lowest BCUT2D eigenvalue weighted by Crippen LogP contribution is -2.55. The lowest BCUT2D eigenvalue weighted by Gasteiger charge is -2.29. The van der Waals surface area contributed by atoms with Gasteiger partial charge in [0.15, 0.2) is 5.60 Å². The molecule has 0 aromatic heterocycles. The van der Waals surface area contributed by atoms with Crippen molar-refractivity contribution in [3.05, 3.63) is 42.0 Å². The van der Waals surface area contributed by atoms with Gasteiger partial charge in [0, 0.05) is 25.8 Å². The molecule has 1 rings (SSSR count). The van der Waals surface area contributed by atoms with E-state index >= 15 is 0 Å². The minimum atomic E-state index is -3.02. The van der Waals surface area contributed by atoms with E-state index in [1.165, 1.54) is 12.5 Å². The second kappa shape index (κ2) is 23.5. The number of allylic oxidation sites excluding steroid dienone is 1. The number of carbonyl (C=O) groups is 5. The number of carboxylic acid groups (broad SMARTS) is 3. The number of nitrogens with zero attached hydrogens (tertiary/aromatic N) is 1. The number of unbranched alkanes of at least 4 members (excludes halogenated alkanes) is 8. The highest BCUT2D eigenvalue weighted by Crippen LogP contribution is 2.26. The first-order valence-corrected chi connectivity index (χ1v) is 17.1. The summed E-state index contributed by atoms with van der Waals surface area (Å²) in [5, 5.41) is 42.1. The van der Waals surface area contributed by atoms with Crippen LogP contribution in [-0.2, 0) is 30.4 Å². The summed E-state index contributed by atoms with van der Waals surface area (Å²) in [6, 6.07) is 5.19. The number of carbonyl (C=O) groups excluding carboxylic acids is 2. The molecule has 0 aliphatic rings. The molecule has 0 bridgehead atoms. The van der Waals surface area contributed by atoms with Crippen molar-refractivity contribution in [1.82, 2.24) is 10.2 Å². The molecule has 0 unspecified atom stereocenters. The van der Waals surface area contributed by atoms with Crippen LogP contribution in [0, 0.1) is 5.92 Å². The largest absolute Gasteiger partial charge is 0.494 e. The fourth-order valence-electron chi connectivity index (χ4n) is 5.22. The van der Waals surface area contributed by atoms with E-state index < -0.39 is 47.8 Å². The van der Waals surface area contributed by atoms with Gasteiger partial charge in [0.05, 0.1) is 18.9 Å². The molecule has 1 aromatic rings. The van der Waals surface area contributed by atoms with Gasteiger partial charge >= 0.3 is 17.9 Å². The van der Waals surface area contributed by atoms with Crippen molar-refractivity contribution in [2.24, 2.45) is 5.92 Å². The zero-order valence-electron chi connectivity index (χ0n) is 28.8. The van der Waals surface area contributed by atoms with Crippen LogP contribution in [0.3, 0.4) is 0 Å². The molecule has 48 heavy (non-hydrogen) atoms. The van der Waals surface area contributed by atoms with E-state index in [4.69, 9.17) is 4.74 Å². The van der Waals surface area contributed by atoms with Crippen LogP contribution in [0.4, 0.5) is 0 Å².